The number of anilines is 1. The fourth-order valence-electron chi connectivity index (χ4n) is 3.48. The third-order valence-electron chi connectivity index (χ3n) is 5.15. The second-order valence-electron chi connectivity index (χ2n) is 7.04. The smallest absolute Gasteiger partial charge is 0.224 e. The summed E-state index contributed by atoms with van der Waals surface area (Å²) in [5.74, 6) is 0.836. The molecule has 0 spiro atoms. The van der Waals surface area contributed by atoms with Crippen LogP contribution in [0.25, 0.3) is 0 Å². The minimum atomic E-state index is 0.0537. The number of nitrogens with one attached hydrogen (secondary N) is 1. The lowest BCUT2D eigenvalue weighted by Gasteiger charge is -2.39. The molecule has 0 saturated carbocycles. The van der Waals surface area contributed by atoms with Gasteiger partial charge in [-0.05, 0) is 36.8 Å². The Morgan fingerprint density at radius 2 is 1.81 bits per heavy atom. The van der Waals surface area contributed by atoms with Crippen molar-refractivity contribution in [1.29, 1.82) is 0 Å². The highest BCUT2D eigenvalue weighted by Gasteiger charge is 2.21. The molecule has 1 N–H and O–H groups in total. The van der Waals surface area contributed by atoms with Gasteiger partial charge in [-0.1, -0.05) is 30.3 Å². The van der Waals surface area contributed by atoms with Gasteiger partial charge in [0.25, 0.3) is 0 Å². The first-order chi connectivity index (χ1) is 13.2. The quantitative estimate of drug-likeness (QED) is 0.817. The summed E-state index contributed by atoms with van der Waals surface area (Å²) in [5.41, 5.74) is 2.26. The monoisotopic (exact) mass is 367 g/mol. The third-order valence-corrected chi connectivity index (χ3v) is 5.15. The molecule has 3 rings (SSSR count). The molecular weight excluding hydrogens is 338 g/mol. The van der Waals surface area contributed by atoms with Crippen molar-refractivity contribution in [1.82, 2.24) is 10.2 Å². The number of benzene rings is 2. The van der Waals surface area contributed by atoms with Crippen molar-refractivity contribution < 1.29 is 9.53 Å². The lowest BCUT2D eigenvalue weighted by atomic mass is 10.1. The Morgan fingerprint density at radius 3 is 2.52 bits per heavy atom. The van der Waals surface area contributed by atoms with Gasteiger partial charge >= 0.3 is 0 Å². The van der Waals surface area contributed by atoms with Gasteiger partial charge in [0, 0.05) is 44.5 Å². The van der Waals surface area contributed by atoms with Crippen LogP contribution in [0.15, 0.2) is 54.6 Å². The van der Waals surface area contributed by atoms with E-state index in [2.05, 4.69) is 52.4 Å². The fourth-order valence-corrected chi connectivity index (χ4v) is 3.48. The van der Waals surface area contributed by atoms with Gasteiger partial charge in [-0.2, -0.15) is 0 Å². The van der Waals surface area contributed by atoms with E-state index < -0.39 is 0 Å². The Kier molecular flexibility index (Phi) is 6.71. The molecule has 1 atom stereocenters. The summed E-state index contributed by atoms with van der Waals surface area (Å²) < 4.78 is 5.21. The summed E-state index contributed by atoms with van der Waals surface area (Å²) >= 11 is 0. The summed E-state index contributed by atoms with van der Waals surface area (Å²) in [6.45, 7) is 6.93. The summed E-state index contributed by atoms with van der Waals surface area (Å²) in [6.07, 6.45) is 0.381. The SMILES string of the molecule is COc1cccc(CC(=O)NCC(C)N2CCN(c3ccccc3)CC2)c1. The van der Waals surface area contributed by atoms with Crippen molar-refractivity contribution in [2.45, 2.75) is 19.4 Å². The summed E-state index contributed by atoms with van der Waals surface area (Å²) in [7, 11) is 1.64. The molecule has 0 bridgehead atoms. The van der Waals surface area contributed by atoms with Gasteiger partial charge in [0.15, 0.2) is 0 Å². The second kappa shape index (κ2) is 9.42. The molecule has 1 fully saturated rings. The van der Waals surface area contributed by atoms with Crippen LogP contribution in [-0.4, -0.2) is 56.7 Å². The third kappa shape index (κ3) is 5.47. The normalized spacial score (nSPS) is 16.0. The van der Waals surface area contributed by atoms with Crippen LogP contribution < -0.4 is 15.0 Å². The number of hydrogen-bond acceptors (Lipinski definition) is 4. The Balaban J connectivity index is 1.41. The number of carbonyl (C=O) groups is 1. The molecule has 1 aliphatic rings. The minimum Gasteiger partial charge on any atom is -0.497 e. The second-order valence-corrected chi connectivity index (χ2v) is 7.04. The van der Waals surface area contributed by atoms with Crippen LogP contribution in [0.1, 0.15) is 12.5 Å². The van der Waals surface area contributed by atoms with E-state index >= 15 is 0 Å². The van der Waals surface area contributed by atoms with Crippen LogP contribution >= 0.6 is 0 Å². The molecule has 1 unspecified atom stereocenters. The summed E-state index contributed by atoms with van der Waals surface area (Å²) in [4.78, 5) is 17.1. The summed E-state index contributed by atoms with van der Waals surface area (Å²) in [6, 6.07) is 18.5. The van der Waals surface area contributed by atoms with Crippen LogP contribution in [0.2, 0.25) is 0 Å². The van der Waals surface area contributed by atoms with Gasteiger partial charge in [0.05, 0.1) is 13.5 Å². The molecule has 2 aromatic rings. The van der Waals surface area contributed by atoms with Gasteiger partial charge < -0.3 is 15.0 Å². The topological polar surface area (TPSA) is 44.8 Å². The van der Waals surface area contributed by atoms with Crippen molar-refractivity contribution in [2.75, 3.05) is 44.7 Å². The number of carbonyl (C=O) groups excluding carboxylic acids is 1. The van der Waals surface area contributed by atoms with E-state index in [4.69, 9.17) is 4.74 Å². The van der Waals surface area contributed by atoms with Gasteiger partial charge in [0.1, 0.15) is 5.75 Å². The standard InChI is InChI=1S/C22H29N3O2/c1-18(17-23-22(26)16-19-7-6-10-21(15-19)27-2)24-11-13-25(14-12-24)20-8-4-3-5-9-20/h3-10,15,18H,11-14,16-17H2,1-2H3,(H,23,26). The van der Waals surface area contributed by atoms with E-state index in [0.29, 0.717) is 19.0 Å². The van der Waals surface area contributed by atoms with Crippen LogP contribution in [0, 0.1) is 0 Å². The van der Waals surface area contributed by atoms with E-state index in [-0.39, 0.29) is 5.91 Å². The molecule has 5 nitrogen and oxygen atoms in total. The highest BCUT2D eigenvalue weighted by molar-refractivity contribution is 5.78. The largest absolute Gasteiger partial charge is 0.497 e. The number of ether oxygens (including phenoxy) is 1. The highest BCUT2D eigenvalue weighted by Crippen LogP contribution is 2.16. The Bertz CT molecular complexity index is 727. The summed E-state index contributed by atoms with van der Waals surface area (Å²) in [5, 5.41) is 3.07. The van der Waals surface area contributed by atoms with Crippen molar-refractivity contribution in [3.8, 4) is 5.75 Å². The fraction of sp³-hybridized carbons (Fsp3) is 0.409. The molecule has 1 aliphatic heterocycles. The maximum Gasteiger partial charge on any atom is 0.224 e. The maximum absolute atomic E-state index is 12.3. The number of rotatable bonds is 7. The van der Waals surface area contributed by atoms with Crippen molar-refractivity contribution in [3.63, 3.8) is 0 Å². The first kappa shape index (κ1) is 19.2. The number of nitrogens with zero attached hydrogens (tertiary/aromatic N) is 2. The lowest BCUT2D eigenvalue weighted by molar-refractivity contribution is -0.120. The van der Waals surface area contributed by atoms with Crippen molar-refractivity contribution in [3.05, 3.63) is 60.2 Å². The molecule has 5 heteroatoms. The number of para-hydroxylation sites is 1. The van der Waals surface area contributed by atoms with Gasteiger partial charge in [-0.3, -0.25) is 9.69 Å². The maximum atomic E-state index is 12.3. The average Bonchev–Trinajstić information content (AvgIpc) is 2.73. The predicted molar refractivity (Wildman–Crippen MR) is 109 cm³/mol. The van der Waals surface area contributed by atoms with Crippen LogP contribution in [0.5, 0.6) is 5.75 Å². The average molecular weight is 367 g/mol. The molecule has 27 heavy (non-hydrogen) atoms. The zero-order chi connectivity index (χ0) is 19.1. The van der Waals surface area contributed by atoms with Crippen LogP contribution in [0.4, 0.5) is 5.69 Å². The van der Waals surface area contributed by atoms with E-state index in [1.165, 1.54) is 5.69 Å². The van der Waals surface area contributed by atoms with E-state index in [9.17, 15) is 4.79 Å². The number of methoxy groups -OCH3 is 1. The Labute approximate surface area is 161 Å². The molecule has 2 aromatic carbocycles. The molecule has 1 heterocycles. The molecule has 0 aromatic heterocycles. The molecule has 0 radical (unpaired) electrons. The van der Waals surface area contributed by atoms with E-state index in [1.807, 2.05) is 24.3 Å². The molecule has 1 amide bonds. The zero-order valence-corrected chi connectivity index (χ0v) is 16.2. The van der Waals surface area contributed by atoms with Crippen LogP contribution in [-0.2, 0) is 11.2 Å². The van der Waals surface area contributed by atoms with Gasteiger partial charge in [-0.15, -0.1) is 0 Å². The molecule has 1 saturated heterocycles. The number of piperazine rings is 1. The zero-order valence-electron chi connectivity index (χ0n) is 16.2. The first-order valence-electron chi connectivity index (χ1n) is 9.59. The number of amides is 1. The highest BCUT2D eigenvalue weighted by atomic mass is 16.5. The number of hydrogen-bond donors (Lipinski definition) is 1. The van der Waals surface area contributed by atoms with E-state index in [1.54, 1.807) is 7.11 Å². The minimum absolute atomic E-state index is 0.0537. The molecular formula is C22H29N3O2. The van der Waals surface area contributed by atoms with Crippen LogP contribution in [0.3, 0.4) is 0 Å². The lowest BCUT2D eigenvalue weighted by Crippen LogP contribution is -2.52. The Hall–Kier alpha value is -2.53. The van der Waals surface area contributed by atoms with Crippen molar-refractivity contribution in [2.24, 2.45) is 0 Å². The first-order valence-corrected chi connectivity index (χ1v) is 9.59. The van der Waals surface area contributed by atoms with Crippen molar-refractivity contribution >= 4 is 11.6 Å². The van der Waals surface area contributed by atoms with E-state index in [0.717, 1.165) is 37.5 Å². The van der Waals surface area contributed by atoms with Gasteiger partial charge in [-0.25, -0.2) is 0 Å². The Morgan fingerprint density at radius 1 is 1.07 bits per heavy atom. The van der Waals surface area contributed by atoms with Gasteiger partial charge in [0.2, 0.25) is 5.91 Å². The molecule has 0 aliphatic carbocycles. The molecule has 144 valence electrons. The predicted octanol–water partition coefficient (Wildman–Crippen LogP) is 2.56.